The van der Waals surface area contributed by atoms with E-state index in [1.165, 1.54) is 0 Å². The molecule has 154 valence electrons. The molecular formula is C21H28N6O2. The zero-order valence-corrected chi connectivity index (χ0v) is 17.2. The van der Waals surface area contributed by atoms with Crippen LogP contribution in [0.4, 0.5) is 0 Å². The monoisotopic (exact) mass is 396 g/mol. The summed E-state index contributed by atoms with van der Waals surface area (Å²) in [6.07, 6.45) is 9.95. The van der Waals surface area contributed by atoms with Crippen LogP contribution in [0.5, 0.6) is 0 Å². The molecule has 0 bridgehead atoms. The highest BCUT2D eigenvalue weighted by molar-refractivity contribution is 5.76. The van der Waals surface area contributed by atoms with E-state index in [4.69, 9.17) is 4.98 Å². The van der Waals surface area contributed by atoms with Crippen LogP contribution < -0.4 is 0 Å². The van der Waals surface area contributed by atoms with Crippen LogP contribution in [0.15, 0.2) is 18.6 Å². The molecule has 2 aromatic heterocycles. The number of nitrogens with zero attached hydrogens (tertiary/aromatic N) is 6. The fourth-order valence-corrected chi connectivity index (χ4v) is 4.29. The fourth-order valence-electron chi connectivity index (χ4n) is 4.29. The van der Waals surface area contributed by atoms with Crippen LogP contribution in [-0.2, 0) is 35.5 Å². The van der Waals surface area contributed by atoms with Gasteiger partial charge in [0.2, 0.25) is 11.8 Å². The van der Waals surface area contributed by atoms with Gasteiger partial charge in [-0.2, -0.15) is 0 Å². The molecule has 0 saturated carbocycles. The molecular weight excluding hydrogens is 368 g/mol. The maximum atomic E-state index is 13.1. The van der Waals surface area contributed by atoms with Crippen molar-refractivity contribution in [1.82, 2.24) is 29.3 Å². The van der Waals surface area contributed by atoms with E-state index in [-0.39, 0.29) is 17.9 Å². The van der Waals surface area contributed by atoms with Gasteiger partial charge in [-0.1, -0.05) is 6.92 Å². The molecule has 0 spiro atoms. The third-order valence-corrected chi connectivity index (χ3v) is 5.94. The minimum atomic E-state index is -0.0824. The van der Waals surface area contributed by atoms with Gasteiger partial charge in [0.15, 0.2) is 5.82 Å². The summed E-state index contributed by atoms with van der Waals surface area (Å²) in [5.41, 5.74) is 2.02. The number of imidazole rings is 1. The lowest BCUT2D eigenvalue weighted by Gasteiger charge is -2.35. The molecule has 8 heteroatoms. The molecule has 2 aliphatic heterocycles. The van der Waals surface area contributed by atoms with Crippen molar-refractivity contribution in [3.8, 4) is 0 Å². The van der Waals surface area contributed by atoms with Gasteiger partial charge in [-0.15, -0.1) is 0 Å². The predicted molar refractivity (Wildman–Crippen MR) is 107 cm³/mol. The van der Waals surface area contributed by atoms with E-state index in [1.807, 2.05) is 33.7 Å². The Kier molecular flexibility index (Phi) is 5.60. The first kappa shape index (κ1) is 19.5. The molecule has 0 aliphatic carbocycles. The molecule has 2 aliphatic rings. The van der Waals surface area contributed by atoms with Crippen molar-refractivity contribution in [2.24, 2.45) is 0 Å². The summed E-state index contributed by atoms with van der Waals surface area (Å²) in [6, 6.07) is -0.0824. The predicted octanol–water partition coefficient (Wildman–Crippen LogP) is 1.89. The van der Waals surface area contributed by atoms with Crippen LogP contribution in [0.2, 0.25) is 0 Å². The zero-order chi connectivity index (χ0) is 20.4. The summed E-state index contributed by atoms with van der Waals surface area (Å²) in [6.45, 7) is 5.93. The summed E-state index contributed by atoms with van der Waals surface area (Å²) in [5.74, 6) is 1.82. The van der Waals surface area contributed by atoms with Gasteiger partial charge in [0.1, 0.15) is 12.4 Å². The van der Waals surface area contributed by atoms with Gasteiger partial charge in [0, 0.05) is 63.6 Å². The number of piperidine rings is 1. The van der Waals surface area contributed by atoms with Gasteiger partial charge in [-0.05, 0) is 19.3 Å². The Balaban J connectivity index is 1.53. The molecule has 8 nitrogen and oxygen atoms in total. The van der Waals surface area contributed by atoms with Crippen LogP contribution in [-0.4, -0.2) is 54.2 Å². The van der Waals surface area contributed by atoms with E-state index in [1.54, 1.807) is 13.1 Å². The maximum absolute atomic E-state index is 13.1. The number of aromatic nitrogens is 4. The lowest BCUT2D eigenvalue weighted by atomic mass is 10.00. The number of carbonyl (C=O) groups excluding carboxylic acids is 2. The number of hydrogen-bond donors (Lipinski definition) is 0. The largest absolute Gasteiger partial charge is 0.338 e. The molecule has 0 unspecified atom stereocenters. The lowest BCUT2D eigenvalue weighted by Crippen LogP contribution is -2.41. The van der Waals surface area contributed by atoms with Crippen molar-refractivity contribution in [2.75, 3.05) is 13.1 Å². The highest BCUT2D eigenvalue weighted by atomic mass is 16.2. The van der Waals surface area contributed by atoms with Crippen LogP contribution >= 0.6 is 0 Å². The van der Waals surface area contributed by atoms with Crippen molar-refractivity contribution in [3.63, 3.8) is 0 Å². The third kappa shape index (κ3) is 4.02. The highest BCUT2D eigenvalue weighted by Gasteiger charge is 2.31. The zero-order valence-electron chi connectivity index (χ0n) is 17.2. The number of fused-ring (bicyclic) bond motifs is 1. The van der Waals surface area contributed by atoms with E-state index in [0.29, 0.717) is 19.6 Å². The summed E-state index contributed by atoms with van der Waals surface area (Å²) in [4.78, 5) is 42.3. The van der Waals surface area contributed by atoms with E-state index in [2.05, 4.69) is 9.97 Å². The summed E-state index contributed by atoms with van der Waals surface area (Å²) in [5, 5.41) is 0. The molecule has 0 aromatic carbocycles. The van der Waals surface area contributed by atoms with Crippen molar-refractivity contribution in [2.45, 2.75) is 65.1 Å². The van der Waals surface area contributed by atoms with Crippen LogP contribution in [0.25, 0.3) is 0 Å². The SMILES string of the molecule is CCc1nccn1CC(=O)N1CCCC[C@H]1c1ncc2c(n1)CCN(C(C)=O)C2. The summed E-state index contributed by atoms with van der Waals surface area (Å²) >= 11 is 0. The molecule has 1 fully saturated rings. The van der Waals surface area contributed by atoms with Gasteiger partial charge in [-0.3, -0.25) is 9.59 Å². The first-order valence-corrected chi connectivity index (χ1v) is 10.5. The number of carbonyl (C=O) groups is 2. The van der Waals surface area contributed by atoms with Gasteiger partial charge < -0.3 is 14.4 Å². The molecule has 1 saturated heterocycles. The second-order valence-electron chi connectivity index (χ2n) is 7.81. The van der Waals surface area contributed by atoms with Gasteiger partial charge in [0.05, 0.1) is 11.7 Å². The molecule has 1 atom stereocenters. The Hall–Kier alpha value is -2.77. The fraction of sp³-hybridized carbons (Fsp3) is 0.571. The normalized spacial score (nSPS) is 19.2. The number of aryl methyl sites for hydroxylation is 1. The van der Waals surface area contributed by atoms with E-state index < -0.39 is 0 Å². The number of rotatable bonds is 4. The van der Waals surface area contributed by atoms with Crippen LogP contribution in [0, 0.1) is 0 Å². The highest BCUT2D eigenvalue weighted by Crippen LogP contribution is 2.30. The van der Waals surface area contributed by atoms with E-state index in [9.17, 15) is 9.59 Å². The Labute approximate surface area is 171 Å². The smallest absolute Gasteiger partial charge is 0.243 e. The Bertz CT molecular complexity index is 908. The standard InChI is InChI=1S/C21H28N6O2/c1-3-19-22-8-11-26(19)14-20(29)27-9-5-4-6-18(27)21-23-12-16-13-25(15(2)28)10-7-17(16)24-21/h8,11-12,18H,3-7,9-10,13-14H2,1-2H3/t18-/m0/s1. The van der Waals surface area contributed by atoms with Gasteiger partial charge >= 0.3 is 0 Å². The van der Waals surface area contributed by atoms with Crippen molar-refractivity contribution in [1.29, 1.82) is 0 Å². The second kappa shape index (κ2) is 8.31. The molecule has 4 rings (SSSR count). The second-order valence-corrected chi connectivity index (χ2v) is 7.81. The first-order valence-electron chi connectivity index (χ1n) is 10.5. The number of amides is 2. The van der Waals surface area contributed by atoms with E-state index >= 15 is 0 Å². The van der Waals surface area contributed by atoms with Crippen LogP contribution in [0.1, 0.15) is 62.1 Å². The minimum absolute atomic E-state index is 0.0785. The Morgan fingerprint density at radius 3 is 2.86 bits per heavy atom. The number of likely N-dealkylation sites (tertiary alicyclic amines) is 1. The molecule has 29 heavy (non-hydrogen) atoms. The Morgan fingerprint density at radius 1 is 1.21 bits per heavy atom. The van der Waals surface area contributed by atoms with Crippen molar-refractivity contribution in [3.05, 3.63) is 41.5 Å². The molecule has 2 amide bonds. The Morgan fingerprint density at radius 2 is 2.07 bits per heavy atom. The molecule has 2 aromatic rings. The van der Waals surface area contributed by atoms with Gasteiger partial charge in [-0.25, -0.2) is 15.0 Å². The van der Waals surface area contributed by atoms with Crippen molar-refractivity contribution >= 4 is 11.8 Å². The topological polar surface area (TPSA) is 84.2 Å². The summed E-state index contributed by atoms with van der Waals surface area (Å²) < 4.78 is 1.93. The lowest BCUT2D eigenvalue weighted by molar-refractivity contribution is -0.136. The van der Waals surface area contributed by atoms with E-state index in [0.717, 1.165) is 61.6 Å². The number of hydrogen-bond acceptors (Lipinski definition) is 5. The minimum Gasteiger partial charge on any atom is -0.338 e. The molecule has 0 radical (unpaired) electrons. The quantitative estimate of drug-likeness (QED) is 0.788. The molecule has 0 N–H and O–H groups in total. The van der Waals surface area contributed by atoms with Crippen molar-refractivity contribution < 1.29 is 9.59 Å². The van der Waals surface area contributed by atoms with Crippen LogP contribution in [0.3, 0.4) is 0 Å². The summed E-state index contributed by atoms with van der Waals surface area (Å²) in [7, 11) is 0. The maximum Gasteiger partial charge on any atom is 0.243 e. The average molecular weight is 396 g/mol. The third-order valence-electron chi connectivity index (χ3n) is 5.94. The average Bonchev–Trinajstić information content (AvgIpc) is 3.20. The first-order chi connectivity index (χ1) is 14.1. The van der Waals surface area contributed by atoms with Gasteiger partial charge in [0.25, 0.3) is 0 Å². The molecule has 4 heterocycles.